The summed E-state index contributed by atoms with van der Waals surface area (Å²) in [7, 11) is 1.88. The van der Waals surface area contributed by atoms with Crippen molar-refractivity contribution in [2.75, 3.05) is 7.05 Å². The van der Waals surface area contributed by atoms with Crippen LogP contribution >= 0.6 is 27.5 Å². The van der Waals surface area contributed by atoms with Gasteiger partial charge in [0.15, 0.2) is 0 Å². The predicted molar refractivity (Wildman–Crippen MR) is 78.4 cm³/mol. The number of benzene rings is 2. The predicted octanol–water partition coefficient (Wildman–Crippen LogP) is 4.75. The molecule has 5 heteroatoms. The van der Waals surface area contributed by atoms with E-state index in [4.69, 9.17) is 16.3 Å². The molecule has 0 atom stereocenters. The van der Waals surface area contributed by atoms with Crippen LogP contribution in [0.4, 0.5) is 4.39 Å². The van der Waals surface area contributed by atoms with Gasteiger partial charge in [-0.2, -0.15) is 0 Å². The van der Waals surface area contributed by atoms with Crippen LogP contribution in [0.5, 0.6) is 11.5 Å². The number of hydrogen-bond acceptors (Lipinski definition) is 2. The standard InChI is InChI=1S/C14H12BrClFNO/c1-18-8-9-2-4-11(7-12(9)15)19-14-5-3-10(17)6-13(14)16/h2-7,18H,8H2,1H3. The fourth-order valence-electron chi connectivity index (χ4n) is 1.61. The maximum Gasteiger partial charge on any atom is 0.146 e. The summed E-state index contributed by atoms with van der Waals surface area (Å²) in [6, 6.07) is 9.69. The molecule has 0 aliphatic carbocycles. The summed E-state index contributed by atoms with van der Waals surface area (Å²) in [6.45, 7) is 0.762. The lowest BCUT2D eigenvalue weighted by atomic mass is 10.2. The van der Waals surface area contributed by atoms with Crippen LogP contribution in [-0.2, 0) is 6.54 Å². The first kappa shape index (κ1) is 14.3. The number of hydrogen-bond donors (Lipinski definition) is 1. The first-order valence-electron chi connectivity index (χ1n) is 5.66. The minimum absolute atomic E-state index is 0.246. The van der Waals surface area contributed by atoms with Crippen molar-refractivity contribution in [3.8, 4) is 11.5 Å². The maximum atomic E-state index is 12.9. The van der Waals surface area contributed by atoms with Gasteiger partial charge < -0.3 is 10.1 Å². The summed E-state index contributed by atoms with van der Waals surface area (Å²) in [5.74, 6) is 0.680. The Morgan fingerprint density at radius 1 is 1.26 bits per heavy atom. The molecule has 2 aromatic rings. The van der Waals surface area contributed by atoms with Crippen molar-refractivity contribution in [2.45, 2.75) is 6.54 Å². The molecule has 0 aromatic heterocycles. The van der Waals surface area contributed by atoms with E-state index in [2.05, 4.69) is 21.2 Å². The lowest BCUT2D eigenvalue weighted by molar-refractivity contribution is 0.480. The Morgan fingerprint density at radius 2 is 2.05 bits per heavy atom. The van der Waals surface area contributed by atoms with E-state index in [-0.39, 0.29) is 10.8 Å². The molecule has 2 rings (SSSR count). The van der Waals surface area contributed by atoms with Crippen LogP contribution in [0.1, 0.15) is 5.56 Å². The molecule has 0 fully saturated rings. The smallest absolute Gasteiger partial charge is 0.146 e. The first-order chi connectivity index (χ1) is 9.10. The highest BCUT2D eigenvalue weighted by atomic mass is 79.9. The van der Waals surface area contributed by atoms with E-state index >= 15 is 0 Å². The van der Waals surface area contributed by atoms with Crippen LogP contribution in [0.25, 0.3) is 0 Å². The molecule has 0 amide bonds. The van der Waals surface area contributed by atoms with Gasteiger partial charge in [-0.05, 0) is 42.9 Å². The third-order valence-corrected chi connectivity index (χ3v) is 3.55. The molecule has 0 saturated heterocycles. The SMILES string of the molecule is CNCc1ccc(Oc2ccc(F)cc2Cl)cc1Br. The van der Waals surface area contributed by atoms with Gasteiger partial charge in [0.2, 0.25) is 0 Å². The third-order valence-electron chi connectivity index (χ3n) is 2.51. The molecular formula is C14H12BrClFNO. The highest BCUT2D eigenvalue weighted by Gasteiger charge is 2.06. The minimum atomic E-state index is -0.386. The fraction of sp³-hybridized carbons (Fsp3) is 0.143. The lowest BCUT2D eigenvalue weighted by Gasteiger charge is -2.10. The average molecular weight is 345 g/mol. The Labute approximate surface area is 124 Å². The Balaban J connectivity index is 2.21. The van der Waals surface area contributed by atoms with Crippen molar-refractivity contribution in [3.63, 3.8) is 0 Å². The van der Waals surface area contributed by atoms with Crippen molar-refractivity contribution < 1.29 is 9.13 Å². The van der Waals surface area contributed by atoms with Gasteiger partial charge >= 0.3 is 0 Å². The quantitative estimate of drug-likeness (QED) is 0.864. The van der Waals surface area contributed by atoms with E-state index in [0.717, 1.165) is 16.6 Å². The van der Waals surface area contributed by atoms with Gasteiger partial charge in [0.05, 0.1) is 5.02 Å². The lowest BCUT2D eigenvalue weighted by Crippen LogP contribution is -2.05. The number of halogens is 3. The van der Waals surface area contributed by atoms with Crippen molar-refractivity contribution in [1.29, 1.82) is 0 Å². The van der Waals surface area contributed by atoms with Gasteiger partial charge in [0, 0.05) is 11.0 Å². The van der Waals surface area contributed by atoms with Gasteiger partial charge in [-0.3, -0.25) is 0 Å². The Bertz CT molecular complexity index is 592. The monoisotopic (exact) mass is 343 g/mol. The second kappa shape index (κ2) is 6.37. The van der Waals surface area contributed by atoms with E-state index in [1.54, 1.807) is 0 Å². The topological polar surface area (TPSA) is 21.3 Å². The number of ether oxygens (including phenoxy) is 1. The largest absolute Gasteiger partial charge is 0.456 e. The summed E-state index contributed by atoms with van der Waals surface area (Å²) in [6.07, 6.45) is 0. The zero-order chi connectivity index (χ0) is 13.8. The zero-order valence-corrected chi connectivity index (χ0v) is 12.6. The normalized spacial score (nSPS) is 10.5. The third kappa shape index (κ3) is 3.69. The van der Waals surface area contributed by atoms with Gasteiger partial charge in [0.25, 0.3) is 0 Å². The van der Waals surface area contributed by atoms with Crippen LogP contribution in [0, 0.1) is 5.82 Å². The van der Waals surface area contributed by atoms with E-state index in [1.807, 2.05) is 25.2 Å². The molecule has 19 heavy (non-hydrogen) atoms. The Morgan fingerprint density at radius 3 is 2.68 bits per heavy atom. The minimum Gasteiger partial charge on any atom is -0.456 e. The number of rotatable bonds is 4. The van der Waals surface area contributed by atoms with Gasteiger partial charge in [-0.1, -0.05) is 33.6 Å². The zero-order valence-electron chi connectivity index (χ0n) is 10.2. The molecule has 0 unspecified atom stereocenters. The van der Waals surface area contributed by atoms with Gasteiger partial charge in [0.1, 0.15) is 17.3 Å². The van der Waals surface area contributed by atoms with Crippen molar-refractivity contribution in [1.82, 2.24) is 5.32 Å². The van der Waals surface area contributed by atoms with E-state index < -0.39 is 0 Å². The van der Waals surface area contributed by atoms with Crippen LogP contribution < -0.4 is 10.1 Å². The second-order valence-corrected chi connectivity index (χ2v) is 5.22. The van der Waals surface area contributed by atoms with E-state index in [1.165, 1.54) is 18.2 Å². The van der Waals surface area contributed by atoms with Crippen LogP contribution in [0.3, 0.4) is 0 Å². The molecule has 100 valence electrons. The van der Waals surface area contributed by atoms with E-state index in [0.29, 0.717) is 11.5 Å². The molecule has 2 aromatic carbocycles. The molecule has 0 aliphatic rings. The molecule has 0 spiro atoms. The molecule has 0 radical (unpaired) electrons. The molecular weight excluding hydrogens is 333 g/mol. The van der Waals surface area contributed by atoms with Crippen LogP contribution in [-0.4, -0.2) is 7.05 Å². The van der Waals surface area contributed by atoms with Crippen LogP contribution in [0.15, 0.2) is 40.9 Å². The fourth-order valence-corrected chi connectivity index (χ4v) is 2.31. The summed E-state index contributed by atoms with van der Waals surface area (Å²) < 4.78 is 19.5. The molecule has 0 bridgehead atoms. The summed E-state index contributed by atoms with van der Waals surface area (Å²) in [5, 5.41) is 3.32. The first-order valence-corrected chi connectivity index (χ1v) is 6.83. The van der Waals surface area contributed by atoms with Gasteiger partial charge in [-0.15, -0.1) is 0 Å². The van der Waals surface area contributed by atoms with Crippen molar-refractivity contribution in [3.05, 3.63) is 57.3 Å². The highest BCUT2D eigenvalue weighted by Crippen LogP contribution is 2.32. The molecule has 0 saturated carbocycles. The second-order valence-electron chi connectivity index (χ2n) is 3.96. The molecule has 0 heterocycles. The summed E-state index contributed by atoms with van der Waals surface area (Å²) in [4.78, 5) is 0. The van der Waals surface area contributed by atoms with E-state index in [9.17, 15) is 4.39 Å². The Hall–Kier alpha value is -1.10. The highest BCUT2D eigenvalue weighted by molar-refractivity contribution is 9.10. The van der Waals surface area contributed by atoms with Crippen LogP contribution in [0.2, 0.25) is 5.02 Å². The molecule has 2 nitrogen and oxygen atoms in total. The maximum absolute atomic E-state index is 12.9. The molecule has 1 N–H and O–H groups in total. The summed E-state index contributed by atoms with van der Waals surface area (Å²) in [5.41, 5.74) is 1.13. The van der Waals surface area contributed by atoms with Gasteiger partial charge in [-0.25, -0.2) is 4.39 Å². The average Bonchev–Trinajstić information content (AvgIpc) is 2.36. The van der Waals surface area contributed by atoms with Crippen molar-refractivity contribution in [2.24, 2.45) is 0 Å². The molecule has 0 aliphatic heterocycles. The van der Waals surface area contributed by atoms with Crippen molar-refractivity contribution >= 4 is 27.5 Å². The Kier molecular flexibility index (Phi) is 4.80. The number of nitrogens with one attached hydrogen (secondary N) is 1. The summed E-state index contributed by atoms with van der Waals surface area (Å²) >= 11 is 9.39.